The van der Waals surface area contributed by atoms with Gasteiger partial charge in [0.1, 0.15) is 22.3 Å². The number of ether oxygens (including phenoxy) is 2. The molecule has 0 spiro atoms. The number of methoxy groups -OCH3 is 1. The zero-order valence-electron chi connectivity index (χ0n) is 20.5. The Morgan fingerprint density at radius 3 is 2.09 bits per heavy atom. The van der Waals surface area contributed by atoms with Crippen molar-refractivity contribution >= 4 is 35.9 Å². The molecule has 1 heterocycles. The van der Waals surface area contributed by atoms with Crippen LogP contribution < -0.4 is 9.47 Å². The third-order valence-electron chi connectivity index (χ3n) is 5.72. The first kappa shape index (κ1) is 26.2. The van der Waals surface area contributed by atoms with Gasteiger partial charge in [0.15, 0.2) is 0 Å². The average molecular weight is 514 g/mol. The van der Waals surface area contributed by atoms with Gasteiger partial charge < -0.3 is 13.9 Å². The molecule has 0 saturated carbocycles. The molecule has 0 aliphatic rings. The molecule has 0 radical (unpaired) electrons. The molecule has 0 aliphatic carbocycles. The third kappa shape index (κ3) is 7.29. The number of rotatable bonds is 9. The fraction of sp³-hybridized carbons (Fsp3) is 0.308. The minimum atomic E-state index is -2.16. The van der Waals surface area contributed by atoms with Crippen LogP contribution in [0.2, 0.25) is 18.1 Å². The van der Waals surface area contributed by atoms with Crippen molar-refractivity contribution in [3.63, 3.8) is 0 Å². The summed E-state index contributed by atoms with van der Waals surface area (Å²) < 4.78 is 16.9. The van der Waals surface area contributed by atoms with Crippen molar-refractivity contribution in [1.82, 2.24) is 4.98 Å². The number of carbonyl (C=O) groups is 1. The quantitative estimate of drug-likeness (QED) is 0.212. The summed E-state index contributed by atoms with van der Waals surface area (Å²) >= 11 is 0. The Morgan fingerprint density at radius 1 is 0.912 bits per heavy atom. The highest BCUT2D eigenvalue weighted by Crippen LogP contribution is 2.37. The molecular weight excluding hydrogens is 483 g/mol. The largest absolute Gasteiger partial charge is 0.516 e. The summed E-state index contributed by atoms with van der Waals surface area (Å²) in [6.45, 7) is 10.5. The normalized spacial score (nSPS) is 11.7. The summed E-state index contributed by atoms with van der Waals surface area (Å²) in [5, 5.41) is 0.881. The number of pyridine rings is 1. The van der Waals surface area contributed by atoms with Gasteiger partial charge in [-0.25, -0.2) is 9.78 Å². The SMILES string of the molecule is COc1ccc(CSSc2ccc(Oc3ccc(C(=O)O[Si](C)(C)C(C)(C)C)cc3)cn2)cc1. The standard InChI is InChI=1S/C26H31NO4S2Si/c1-26(2,3)34(5,6)31-25(28)20-9-13-22(14-10-20)30-23-15-16-24(27-17-23)33-32-18-19-7-11-21(29-4)12-8-19/h7-17H,18H2,1-6H3. The van der Waals surface area contributed by atoms with E-state index in [0.717, 1.165) is 16.5 Å². The number of hydrogen-bond donors (Lipinski definition) is 0. The molecule has 3 aromatic rings. The number of hydrogen-bond acceptors (Lipinski definition) is 7. The minimum Gasteiger partial charge on any atom is -0.516 e. The van der Waals surface area contributed by atoms with Gasteiger partial charge in [0.25, 0.3) is 8.32 Å². The van der Waals surface area contributed by atoms with Crippen LogP contribution in [0.5, 0.6) is 17.2 Å². The summed E-state index contributed by atoms with van der Waals surface area (Å²) in [6.07, 6.45) is 1.70. The highest BCUT2D eigenvalue weighted by molar-refractivity contribution is 8.76. The van der Waals surface area contributed by atoms with Crippen LogP contribution in [0.15, 0.2) is 71.9 Å². The summed E-state index contributed by atoms with van der Waals surface area (Å²) in [5.74, 6) is 2.73. The molecule has 0 bridgehead atoms. The van der Waals surface area contributed by atoms with Gasteiger partial charge in [0, 0.05) is 5.75 Å². The number of aromatic nitrogens is 1. The summed E-state index contributed by atoms with van der Waals surface area (Å²) in [5.41, 5.74) is 1.76. The van der Waals surface area contributed by atoms with Gasteiger partial charge in [0.05, 0.1) is 18.9 Å². The van der Waals surface area contributed by atoms with Crippen molar-refractivity contribution in [1.29, 1.82) is 0 Å². The Morgan fingerprint density at radius 2 is 1.53 bits per heavy atom. The predicted molar refractivity (Wildman–Crippen MR) is 144 cm³/mol. The molecule has 180 valence electrons. The Bertz CT molecular complexity index is 1080. The van der Waals surface area contributed by atoms with Gasteiger partial charge in [-0.1, -0.05) is 43.7 Å². The first-order chi connectivity index (χ1) is 16.1. The van der Waals surface area contributed by atoms with Crippen molar-refractivity contribution in [3.05, 3.63) is 78.0 Å². The van der Waals surface area contributed by atoms with E-state index in [1.54, 1.807) is 59.2 Å². The topological polar surface area (TPSA) is 57.7 Å². The zero-order chi connectivity index (χ0) is 24.8. The van der Waals surface area contributed by atoms with Crippen LogP contribution in [0.1, 0.15) is 36.7 Å². The first-order valence-corrected chi connectivity index (χ1v) is 16.2. The molecule has 1 aromatic heterocycles. The highest BCUT2D eigenvalue weighted by atomic mass is 33.1. The lowest BCUT2D eigenvalue weighted by atomic mass is 10.2. The van der Waals surface area contributed by atoms with Crippen LogP contribution >= 0.6 is 21.6 Å². The maximum atomic E-state index is 12.6. The summed E-state index contributed by atoms with van der Waals surface area (Å²) in [6, 6.07) is 18.9. The number of carbonyl (C=O) groups excluding carboxylic acids is 1. The molecule has 0 atom stereocenters. The average Bonchev–Trinajstić information content (AvgIpc) is 2.80. The van der Waals surface area contributed by atoms with E-state index in [4.69, 9.17) is 13.9 Å². The molecule has 2 aromatic carbocycles. The molecule has 0 amide bonds. The smallest absolute Gasteiger partial charge is 0.324 e. The van der Waals surface area contributed by atoms with Gasteiger partial charge in [-0.2, -0.15) is 0 Å². The van der Waals surface area contributed by atoms with E-state index in [-0.39, 0.29) is 11.0 Å². The third-order valence-corrected chi connectivity index (χ3v) is 12.2. The lowest BCUT2D eigenvalue weighted by Gasteiger charge is -2.35. The molecule has 5 nitrogen and oxygen atoms in total. The van der Waals surface area contributed by atoms with Crippen molar-refractivity contribution in [2.24, 2.45) is 0 Å². The Kier molecular flexibility index (Phi) is 8.73. The molecular formula is C26H31NO4S2Si. The van der Waals surface area contributed by atoms with Crippen LogP contribution in [0.25, 0.3) is 0 Å². The molecule has 0 saturated heterocycles. The first-order valence-electron chi connectivity index (χ1n) is 11.0. The van der Waals surface area contributed by atoms with Crippen molar-refractivity contribution < 1.29 is 18.7 Å². The Labute approximate surface area is 211 Å². The van der Waals surface area contributed by atoms with E-state index < -0.39 is 8.32 Å². The summed E-state index contributed by atoms with van der Waals surface area (Å²) in [4.78, 5) is 17.0. The van der Waals surface area contributed by atoms with Gasteiger partial charge in [0.2, 0.25) is 0 Å². The van der Waals surface area contributed by atoms with Crippen molar-refractivity contribution in [3.8, 4) is 17.2 Å². The van der Waals surface area contributed by atoms with Gasteiger partial charge in [-0.05, 0) is 83.0 Å². The van der Waals surface area contributed by atoms with Crippen LogP contribution in [-0.4, -0.2) is 26.4 Å². The van der Waals surface area contributed by atoms with E-state index in [9.17, 15) is 4.79 Å². The van der Waals surface area contributed by atoms with E-state index >= 15 is 0 Å². The van der Waals surface area contributed by atoms with E-state index in [1.165, 1.54) is 5.56 Å². The van der Waals surface area contributed by atoms with Crippen molar-refractivity contribution in [2.45, 2.75) is 49.7 Å². The summed E-state index contributed by atoms with van der Waals surface area (Å²) in [7, 11) is 2.85. The van der Waals surface area contributed by atoms with Crippen LogP contribution in [0, 0.1) is 0 Å². The fourth-order valence-corrected chi connectivity index (χ4v) is 5.45. The monoisotopic (exact) mass is 513 g/mol. The predicted octanol–water partition coefficient (Wildman–Crippen LogP) is 7.99. The van der Waals surface area contributed by atoms with Crippen LogP contribution in [0.3, 0.4) is 0 Å². The highest BCUT2D eigenvalue weighted by Gasteiger charge is 2.40. The maximum Gasteiger partial charge on any atom is 0.324 e. The molecule has 0 aliphatic heterocycles. The lowest BCUT2D eigenvalue weighted by Crippen LogP contribution is -2.42. The van der Waals surface area contributed by atoms with Gasteiger partial charge >= 0.3 is 5.97 Å². The lowest BCUT2D eigenvalue weighted by molar-refractivity contribution is 0.0712. The fourth-order valence-electron chi connectivity index (χ4n) is 2.59. The van der Waals surface area contributed by atoms with E-state index in [2.05, 4.69) is 51.0 Å². The maximum absolute atomic E-state index is 12.6. The molecule has 34 heavy (non-hydrogen) atoms. The second-order valence-corrected chi connectivity index (χ2v) is 16.3. The van der Waals surface area contributed by atoms with Crippen LogP contribution in [-0.2, 0) is 10.2 Å². The van der Waals surface area contributed by atoms with E-state index in [1.807, 2.05) is 24.3 Å². The second-order valence-electron chi connectivity index (χ2n) is 9.30. The Balaban J connectivity index is 1.50. The van der Waals surface area contributed by atoms with Gasteiger partial charge in [-0.15, -0.1) is 0 Å². The van der Waals surface area contributed by atoms with Crippen LogP contribution in [0.4, 0.5) is 0 Å². The molecule has 0 fully saturated rings. The molecule has 0 unspecified atom stereocenters. The molecule has 3 rings (SSSR count). The number of nitrogens with zero attached hydrogens (tertiary/aromatic N) is 1. The van der Waals surface area contributed by atoms with Crippen molar-refractivity contribution in [2.75, 3.05) is 7.11 Å². The molecule has 0 N–H and O–H groups in total. The number of benzene rings is 2. The van der Waals surface area contributed by atoms with E-state index in [0.29, 0.717) is 17.1 Å². The molecule has 8 heteroatoms. The van der Waals surface area contributed by atoms with Gasteiger partial charge in [-0.3, -0.25) is 0 Å². The second kappa shape index (κ2) is 11.3. The zero-order valence-corrected chi connectivity index (χ0v) is 23.1. The minimum absolute atomic E-state index is 0.0304. The Hall–Kier alpha value is -2.42.